The van der Waals surface area contributed by atoms with Gasteiger partial charge in [-0.15, -0.1) is 11.3 Å². The molecule has 4 nitrogen and oxygen atoms in total. The molecule has 1 unspecified atom stereocenters. The zero-order chi connectivity index (χ0) is 11.5. The van der Waals surface area contributed by atoms with Crippen LogP contribution in [0.4, 0.5) is 0 Å². The number of aromatic nitrogens is 2. The Morgan fingerprint density at radius 3 is 2.81 bits per heavy atom. The monoisotopic (exact) mass is 236 g/mol. The fourth-order valence-electron chi connectivity index (χ4n) is 1.64. The van der Waals surface area contributed by atoms with Gasteiger partial charge < -0.3 is 0 Å². The van der Waals surface area contributed by atoms with Crippen LogP contribution in [0.15, 0.2) is 24.4 Å². The van der Waals surface area contributed by atoms with Crippen molar-refractivity contribution >= 4 is 11.3 Å². The number of rotatable bonds is 4. The average Bonchev–Trinajstić information content (AvgIpc) is 2.89. The van der Waals surface area contributed by atoms with E-state index in [1.54, 1.807) is 16.0 Å². The molecule has 0 saturated heterocycles. The Morgan fingerprint density at radius 1 is 1.50 bits per heavy atom. The molecule has 0 spiro atoms. The molecular weight excluding hydrogens is 220 g/mol. The minimum atomic E-state index is -0.00787. The third-order valence-electron chi connectivity index (χ3n) is 2.51. The van der Waals surface area contributed by atoms with Gasteiger partial charge in [-0.05, 0) is 24.6 Å². The summed E-state index contributed by atoms with van der Waals surface area (Å²) in [6.07, 6.45) is 2.98. The van der Waals surface area contributed by atoms with Gasteiger partial charge in [-0.1, -0.05) is 6.92 Å². The summed E-state index contributed by atoms with van der Waals surface area (Å²) in [6, 6.07) is 6.23. The van der Waals surface area contributed by atoms with E-state index >= 15 is 0 Å². The molecule has 0 radical (unpaired) electrons. The molecule has 2 heterocycles. The van der Waals surface area contributed by atoms with Gasteiger partial charge in [-0.3, -0.25) is 10.5 Å². The third-order valence-corrected chi connectivity index (χ3v) is 3.81. The summed E-state index contributed by atoms with van der Waals surface area (Å²) in [4.78, 5) is 2.57. The van der Waals surface area contributed by atoms with E-state index in [1.807, 2.05) is 19.3 Å². The van der Waals surface area contributed by atoms with Crippen LogP contribution >= 0.6 is 11.3 Å². The van der Waals surface area contributed by atoms with Crippen LogP contribution in [0.25, 0.3) is 0 Å². The smallest absolute Gasteiger partial charge is 0.0991 e. The number of hydrogen-bond donors (Lipinski definition) is 2. The van der Waals surface area contributed by atoms with Gasteiger partial charge in [0.25, 0.3) is 0 Å². The van der Waals surface area contributed by atoms with E-state index in [0.29, 0.717) is 0 Å². The molecule has 0 saturated carbocycles. The molecule has 0 bridgehead atoms. The van der Waals surface area contributed by atoms with E-state index in [9.17, 15) is 0 Å². The topological polar surface area (TPSA) is 55.9 Å². The summed E-state index contributed by atoms with van der Waals surface area (Å²) < 4.78 is 1.79. The number of thiophene rings is 1. The lowest BCUT2D eigenvalue weighted by Gasteiger charge is -2.10. The zero-order valence-corrected chi connectivity index (χ0v) is 10.3. The van der Waals surface area contributed by atoms with Gasteiger partial charge >= 0.3 is 0 Å². The van der Waals surface area contributed by atoms with Crippen molar-refractivity contribution in [2.24, 2.45) is 12.9 Å². The highest BCUT2D eigenvalue weighted by atomic mass is 32.1. The number of nitrogens with zero attached hydrogens (tertiary/aromatic N) is 2. The van der Waals surface area contributed by atoms with Crippen molar-refractivity contribution in [1.82, 2.24) is 15.2 Å². The second-order valence-corrected chi connectivity index (χ2v) is 4.87. The van der Waals surface area contributed by atoms with Gasteiger partial charge in [0.2, 0.25) is 0 Å². The van der Waals surface area contributed by atoms with Crippen molar-refractivity contribution < 1.29 is 0 Å². The van der Waals surface area contributed by atoms with Crippen LogP contribution < -0.4 is 11.3 Å². The Hall–Kier alpha value is -1.17. The Balaban J connectivity index is 2.28. The molecule has 2 rings (SSSR count). The molecule has 0 aliphatic carbocycles. The van der Waals surface area contributed by atoms with Gasteiger partial charge in [0.05, 0.1) is 11.7 Å². The van der Waals surface area contributed by atoms with E-state index in [4.69, 9.17) is 5.84 Å². The van der Waals surface area contributed by atoms with Gasteiger partial charge in [0.15, 0.2) is 0 Å². The molecule has 5 heteroatoms. The first-order chi connectivity index (χ1) is 7.74. The first-order valence-electron chi connectivity index (χ1n) is 5.29. The number of nitrogens with two attached hydrogens (primary N) is 1. The van der Waals surface area contributed by atoms with E-state index in [1.165, 1.54) is 9.75 Å². The molecule has 1 atom stereocenters. The highest BCUT2D eigenvalue weighted by Crippen LogP contribution is 2.27. The Bertz CT molecular complexity index is 460. The van der Waals surface area contributed by atoms with Crippen LogP contribution in [0.3, 0.4) is 0 Å². The lowest BCUT2D eigenvalue weighted by molar-refractivity contribution is 0.611. The van der Waals surface area contributed by atoms with Crippen molar-refractivity contribution in [3.63, 3.8) is 0 Å². The van der Waals surface area contributed by atoms with Crippen molar-refractivity contribution in [1.29, 1.82) is 0 Å². The predicted octanol–water partition coefficient (Wildman–Crippen LogP) is 1.60. The first-order valence-corrected chi connectivity index (χ1v) is 6.10. The molecule has 0 aliphatic rings. The lowest BCUT2D eigenvalue weighted by Crippen LogP contribution is -2.28. The minimum Gasteiger partial charge on any atom is -0.275 e. The normalized spacial score (nSPS) is 12.9. The summed E-state index contributed by atoms with van der Waals surface area (Å²) in [5, 5.41) is 4.37. The quantitative estimate of drug-likeness (QED) is 0.626. The molecule has 3 N–H and O–H groups in total. The first kappa shape index (κ1) is 11.3. The van der Waals surface area contributed by atoms with Crippen molar-refractivity contribution in [2.75, 3.05) is 0 Å². The summed E-state index contributed by atoms with van der Waals surface area (Å²) in [7, 11) is 1.91. The second kappa shape index (κ2) is 4.78. The van der Waals surface area contributed by atoms with E-state index in [2.05, 4.69) is 29.6 Å². The molecule has 0 aliphatic heterocycles. The van der Waals surface area contributed by atoms with Crippen LogP contribution in [-0.2, 0) is 13.5 Å². The van der Waals surface area contributed by atoms with Crippen LogP contribution in [0, 0.1) is 0 Å². The number of hydrogen-bond acceptors (Lipinski definition) is 4. The molecule has 2 aromatic heterocycles. The van der Waals surface area contributed by atoms with Crippen LogP contribution in [-0.4, -0.2) is 9.78 Å². The van der Waals surface area contributed by atoms with Gasteiger partial charge in [0, 0.05) is 23.0 Å². The fraction of sp³-hybridized carbons (Fsp3) is 0.364. The standard InChI is InChI=1S/C11H16N4S/c1-3-8-4-5-10(16-8)11(13-12)9-6-7-15(2)14-9/h4-7,11,13H,3,12H2,1-2H3. The van der Waals surface area contributed by atoms with Gasteiger partial charge in [-0.25, -0.2) is 5.43 Å². The Morgan fingerprint density at radius 2 is 2.31 bits per heavy atom. The summed E-state index contributed by atoms with van der Waals surface area (Å²) >= 11 is 1.78. The SMILES string of the molecule is CCc1ccc(C(NN)c2ccn(C)n2)s1. The summed E-state index contributed by atoms with van der Waals surface area (Å²) in [5.41, 5.74) is 3.77. The Kier molecular flexibility index (Phi) is 3.38. The number of aryl methyl sites for hydroxylation is 2. The summed E-state index contributed by atoms with van der Waals surface area (Å²) in [5.74, 6) is 5.60. The maximum atomic E-state index is 5.60. The molecule has 16 heavy (non-hydrogen) atoms. The molecule has 0 amide bonds. The van der Waals surface area contributed by atoms with Crippen LogP contribution in [0.5, 0.6) is 0 Å². The zero-order valence-electron chi connectivity index (χ0n) is 9.47. The molecule has 0 fully saturated rings. The fourth-order valence-corrected chi connectivity index (χ4v) is 2.67. The summed E-state index contributed by atoms with van der Waals surface area (Å²) in [6.45, 7) is 2.15. The maximum absolute atomic E-state index is 5.60. The highest BCUT2D eigenvalue weighted by Gasteiger charge is 2.16. The molecule has 0 aromatic carbocycles. The number of nitrogens with one attached hydrogen (secondary N) is 1. The predicted molar refractivity (Wildman–Crippen MR) is 66.1 cm³/mol. The van der Waals surface area contributed by atoms with Gasteiger partial charge in [0.1, 0.15) is 0 Å². The van der Waals surface area contributed by atoms with Crippen LogP contribution in [0.2, 0.25) is 0 Å². The Labute approximate surface area is 99.1 Å². The maximum Gasteiger partial charge on any atom is 0.0991 e. The van der Waals surface area contributed by atoms with Crippen molar-refractivity contribution in [3.8, 4) is 0 Å². The average molecular weight is 236 g/mol. The molecular formula is C11H16N4S. The van der Waals surface area contributed by atoms with Crippen LogP contribution in [0.1, 0.15) is 28.4 Å². The minimum absolute atomic E-state index is 0.00787. The van der Waals surface area contributed by atoms with E-state index in [0.717, 1.165) is 12.1 Å². The molecule has 86 valence electrons. The molecule has 2 aromatic rings. The lowest BCUT2D eigenvalue weighted by atomic mass is 10.2. The van der Waals surface area contributed by atoms with E-state index < -0.39 is 0 Å². The second-order valence-electron chi connectivity index (χ2n) is 3.67. The van der Waals surface area contributed by atoms with Crippen molar-refractivity contribution in [2.45, 2.75) is 19.4 Å². The highest BCUT2D eigenvalue weighted by molar-refractivity contribution is 7.12. The third kappa shape index (κ3) is 2.16. The van der Waals surface area contributed by atoms with E-state index in [-0.39, 0.29) is 6.04 Å². The largest absolute Gasteiger partial charge is 0.275 e. The van der Waals surface area contributed by atoms with Crippen molar-refractivity contribution in [3.05, 3.63) is 39.8 Å². The van der Waals surface area contributed by atoms with Gasteiger partial charge in [-0.2, -0.15) is 5.10 Å². The number of hydrazine groups is 1.